The van der Waals surface area contributed by atoms with Gasteiger partial charge in [0.15, 0.2) is 9.84 Å². The molecule has 1 atom stereocenters. The van der Waals surface area contributed by atoms with Crippen molar-refractivity contribution in [3.63, 3.8) is 0 Å². The Bertz CT molecular complexity index is 791. The summed E-state index contributed by atoms with van der Waals surface area (Å²) in [4.78, 5) is 41.6. The fraction of sp³-hybridized carbons (Fsp3) is 0.400. The molecule has 0 N–H and O–H groups in total. The second-order valence-electron chi connectivity index (χ2n) is 6.12. The second kappa shape index (κ2) is 4.89. The highest BCUT2D eigenvalue weighted by Crippen LogP contribution is 2.38. The Morgan fingerprint density at radius 3 is 2.13 bits per heavy atom. The molecule has 1 aromatic rings. The Labute approximate surface area is 133 Å². The maximum Gasteiger partial charge on any atom is 0.337 e. The van der Waals surface area contributed by atoms with E-state index in [1.165, 1.54) is 26.0 Å². The lowest BCUT2D eigenvalue weighted by Crippen LogP contribution is -2.42. The Hall–Kier alpha value is -2.22. The maximum absolute atomic E-state index is 12.3. The molecule has 8 heteroatoms. The van der Waals surface area contributed by atoms with Gasteiger partial charge in [-0.1, -0.05) is 17.2 Å². The summed E-state index contributed by atoms with van der Waals surface area (Å²) in [6.45, 7) is 2.90. The van der Waals surface area contributed by atoms with Gasteiger partial charge in [-0.15, -0.1) is 0 Å². The van der Waals surface area contributed by atoms with Crippen molar-refractivity contribution in [1.82, 2.24) is 5.06 Å². The molecule has 0 aromatic heterocycles. The predicted octanol–water partition coefficient (Wildman–Crippen LogP) is 0.954. The summed E-state index contributed by atoms with van der Waals surface area (Å²) in [5, 5.41) is 0.411. The van der Waals surface area contributed by atoms with Gasteiger partial charge in [0.1, 0.15) is 0 Å². The lowest BCUT2D eigenvalue weighted by atomic mass is 9.93. The first kappa shape index (κ1) is 15.7. The van der Waals surface area contributed by atoms with Crippen molar-refractivity contribution in [1.29, 1.82) is 0 Å². The number of carbonyl (C=O) groups excluding carboxylic acids is 3. The number of hydrogen-bond donors (Lipinski definition) is 0. The molecule has 0 bridgehead atoms. The number of benzene rings is 1. The number of imide groups is 1. The standard InChI is InChI=1S/C15H15NO6S/c1-15(2)11(7-8-23(15,20)21)14(19)22-16-12(17)9-5-3-4-6-10(9)13(16)18/h3-6,11H,7-8H2,1-2H3. The Morgan fingerprint density at radius 1 is 1.17 bits per heavy atom. The highest BCUT2D eigenvalue weighted by molar-refractivity contribution is 7.93. The summed E-state index contributed by atoms with van der Waals surface area (Å²) >= 11 is 0. The molecule has 1 unspecified atom stereocenters. The lowest BCUT2D eigenvalue weighted by molar-refractivity contribution is -0.174. The fourth-order valence-electron chi connectivity index (χ4n) is 2.91. The van der Waals surface area contributed by atoms with Crippen LogP contribution >= 0.6 is 0 Å². The van der Waals surface area contributed by atoms with E-state index in [1.54, 1.807) is 12.1 Å². The van der Waals surface area contributed by atoms with E-state index in [1.807, 2.05) is 0 Å². The summed E-state index contributed by atoms with van der Waals surface area (Å²) < 4.78 is 22.7. The molecule has 0 saturated carbocycles. The average molecular weight is 337 g/mol. The molecular weight excluding hydrogens is 322 g/mol. The third-order valence-corrected chi connectivity index (χ3v) is 7.20. The van der Waals surface area contributed by atoms with Gasteiger partial charge in [0.05, 0.1) is 27.5 Å². The number of hydroxylamine groups is 2. The second-order valence-corrected chi connectivity index (χ2v) is 8.81. The maximum atomic E-state index is 12.3. The highest BCUT2D eigenvalue weighted by atomic mass is 32.2. The predicted molar refractivity (Wildman–Crippen MR) is 79.0 cm³/mol. The van der Waals surface area contributed by atoms with Crippen molar-refractivity contribution >= 4 is 27.6 Å². The van der Waals surface area contributed by atoms with E-state index in [9.17, 15) is 22.8 Å². The third kappa shape index (κ3) is 2.16. The topological polar surface area (TPSA) is 97.8 Å². The third-order valence-electron chi connectivity index (χ3n) is 4.54. The highest BCUT2D eigenvalue weighted by Gasteiger charge is 2.53. The summed E-state index contributed by atoms with van der Waals surface area (Å²) in [5.74, 6) is -3.38. The van der Waals surface area contributed by atoms with Gasteiger partial charge >= 0.3 is 5.97 Å². The van der Waals surface area contributed by atoms with Gasteiger partial charge in [-0.25, -0.2) is 13.2 Å². The normalized spacial score (nSPS) is 24.6. The molecule has 0 radical (unpaired) electrons. The first-order chi connectivity index (χ1) is 10.7. The number of fused-ring (bicyclic) bond motifs is 1. The lowest BCUT2D eigenvalue weighted by Gasteiger charge is -2.25. The van der Waals surface area contributed by atoms with Crippen molar-refractivity contribution in [3.8, 4) is 0 Å². The van der Waals surface area contributed by atoms with Crippen molar-refractivity contribution in [2.75, 3.05) is 5.75 Å². The zero-order valence-electron chi connectivity index (χ0n) is 12.6. The molecule has 122 valence electrons. The molecule has 2 aliphatic heterocycles. The zero-order chi connectivity index (χ0) is 17.0. The first-order valence-electron chi connectivity index (χ1n) is 7.09. The van der Waals surface area contributed by atoms with E-state index < -0.39 is 38.3 Å². The number of carbonyl (C=O) groups is 3. The van der Waals surface area contributed by atoms with Crippen LogP contribution in [0.25, 0.3) is 0 Å². The molecule has 1 saturated heterocycles. The van der Waals surface area contributed by atoms with Crippen molar-refractivity contribution < 1.29 is 27.6 Å². The number of rotatable bonds is 2. The van der Waals surface area contributed by atoms with Crippen LogP contribution in [-0.4, -0.2) is 41.8 Å². The van der Waals surface area contributed by atoms with E-state index in [0.29, 0.717) is 5.06 Å². The number of hydrogen-bond acceptors (Lipinski definition) is 6. The molecule has 23 heavy (non-hydrogen) atoms. The average Bonchev–Trinajstić information content (AvgIpc) is 2.85. The van der Waals surface area contributed by atoms with Crippen LogP contribution in [-0.2, 0) is 19.5 Å². The Morgan fingerprint density at radius 2 is 1.70 bits per heavy atom. The monoisotopic (exact) mass is 337 g/mol. The molecule has 7 nitrogen and oxygen atoms in total. The minimum atomic E-state index is -3.42. The zero-order valence-corrected chi connectivity index (χ0v) is 13.4. The Balaban J connectivity index is 1.83. The molecular formula is C15H15NO6S. The van der Waals surface area contributed by atoms with E-state index in [2.05, 4.69) is 0 Å². The largest absolute Gasteiger partial charge is 0.337 e. The van der Waals surface area contributed by atoms with Crippen molar-refractivity contribution in [3.05, 3.63) is 35.4 Å². The Kier molecular flexibility index (Phi) is 3.33. The van der Waals surface area contributed by atoms with E-state index in [4.69, 9.17) is 4.84 Å². The molecule has 1 aromatic carbocycles. The van der Waals surface area contributed by atoms with Crippen molar-refractivity contribution in [2.45, 2.75) is 25.0 Å². The minimum Gasteiger partial charge on any atom is -0.329 e. The SMILES string of the molecule is CC1(C)C(C(=O)ON2C(=O)c3ccccc3C2=O)CCS1(=O)=O. The van der Waals surface area contributed by atoms with Crippen LogP contribution in [0.5, 0.6) is 0 Å². The van der Waals surface area contributed by atoms with Gasteiger partial charge in [-0.2, -0.15) is 0 Å². The van der Waals surface area contributed by atoms with Gasteiger partial charge in [-0.3, -0.25) is 9.59 Å². The van der Waals surface area contributed by atoms with Crippen LogP contribution in [0.3, 0.4) is 0 Å². The van der Waals surface area contributed by atoms with Crippen LogP contribution in [0.4, 0.5) is 0 Å². The van der Waals surface area contributed by atoms with Crippen LogP contribution in [0.1, 0.15) is 41.0 Å². The fourth-order valence-corrected chi connectivity index (χ4v) is 4.63. The summed E-state index contributed by atoms with van der Waals surface area (Å²) in [7, 11) is -3.42. The quantitative estimate of drug-likeness (QED) is 0.745. The first-order valence-corrected chi connectivity index (χ1v) is 8.74. The van der Waals surface area contributed by atoms with Gasteiger partial charge in [-0.05, 0) is 32.4 Å². The number of nitrogens with zero attached hydrogens (tertiary/aromatic N) is 1. The van der Waals surface area contributed by atoms with Crippen LogP contribution in [0, 0.1) is 5.92 Å². The van der Waals surface area contributed by atoms with E-state index in [0.717, 1.165) is 0 Å². The van der Waals surface area contributed by atoms with E-state index in [-0.39, 0.29) is 23.3 Å². The van der Waals surface area contributed by atoms with Gasteiger partial charge in [0.25, 0.3) is 11.8 Å². The molecule has 3 rings (SSSR count). The molecule has 1 fully saturated rings. The smallest absolute Gasteiger partial charge is 0.329 e. The van der Waals surface area contributed by atoms with Gasteiger partial charge in [0.2, 0.25) is 0 Å². The molecule has 0 aliphatic carbocycles. The van der Waals surface area contributed by atoms with Crippen molar-refractivity contribution in [2.24, 2.45) is 5.92 Å². The molecule has 0 spiro atoms. The number of amides is 2. The molecule has 2 amide bonds. The van der Waals surface area contributed by atoms with Gasteiger partial charge in [0, 0.05) is 0 Å². The van der Waals surface area contributed by atoms with Crippen LogP contribution in [0.15, 0.2) is 24.3 Å². The van der Waals surface area contributed by atoms with Crippen LogP contribution in [0.2, 0.25) is 0 Å². The van der Waals surface area contributed by atoms with Gasteiger partial charge < -0.3 is 4.84 Å². The summed E-state index contributed by atoms with van der Waals surface area (Å²) in [6.07, 6.45) is 0.108. The molecule has 2 aliphatic rings. The number of sulfone groups is 1. The molecule has 2 heterocycles. The van der Waals surface area contributed by atoms with E-state index >= 15 is 0 Å². The summed E-state index contributed by atoms with van der Waals surface area (Å²) in [6, 6.07) is 6.13. The minimum absolute atomic E-state index is 0.108. The van der Waals surface area contributed by atoms with Crippen LogP contribution < -0.4 is 0 Å². The summed E-state index contributed by atoms with van der Waals surface area (Å²) in [5.41, 5.74) is 0.312.